The second-order valence-corrected chi connectivity index (χ2v) is 13.2. The van der Waals surface area contributed by atoms with E-state index >= 15 is 0 Å². The predicted octanol–water partition coefficient (Wildman–Crippen LogP) is 4.65. The van der Waals surface area contributed by atoms with Gasteiger partial charge in [-0.2, -0.15) is 0 Å². The van der Waals surface area contributed by atoms with E-state index in [-0.39, 0.29) is 17.7 Å². The average molecular weight is 612 g/mol. The molecule has 1 saturated heterocycles. The van der Waals surface area contributed by atoms with Crippen molar-refractivity contribution >= 4 is 28.5 Å². The molecule has 3 aromatic carbocycles. The van der Waals surface area contributed by atoms with Gasteiger partial charge in [0.1, 0.15) is 12.1 Å². The van der Waals surface area contributed by atoms with Crippen LogP contribution < -0.4 is 5.73 Å². The van der Waals surface area contributed by atoms with Gasteiger partial charge in [0.15, 0.2) is 0 Å². The van der Waals surface area contributed by atoms with Crippen molar-refractivity contribution < 1.29 is 14.4 Å². The second kappa shape index (κ2) is 14.8. The van der Waals surface area contributed by atoms with Crippen molar-refractivity contribution in [3.05, 3.63) is 96.1 Å². The molecule has 0 radical (unpaired) electrons. The largest absolute Gasteiger partial charge is 0.340 e. The van der Waals surface area contributed by atoms with E-state index in [1.165, 1.54) is 15.9 Å². The summed E-state index contributed by atoms with van der Waals surface area (Å²) in [6, 6.07) is 22.4. The van der Waals surface area contributed by atoms with Crippen LogP contribution in [0.25, 0.3) is 10.8 Å². The SMILES string of the molecule is CN(C)C1CCN(C(=O)C(c2ccccc2)N(C)C(=O)[C@@H](Cc2ccc3ccccc3c2)N(C)C(=O)/C=C/CC(C)(C)N)CC1. The van der Waals surface area contributed by atoms with Crippen molar-refractivity contribution in [2.45, 2.75) is 63.2 Å². The van der Waals surface area contributed by atoms with Crippen LogP contribution in [0.3, 0.4) is 0 Å². The summed E-state index contributed by atoms with van der Waals surface area (Å²) in [6.45, 7) is 5.06. The second-order valence-electron chi connectivity index (χ2n) is 13.2. The van der Waals surface area contributed by atoms with Gasteiger partial charge in [-0.05, 0) is 75.2 Å². The zero-order valence-corrected chi connectivity index (χ0v) is 27.6. The van der Waals surface area contributed by atoms with Crippen LogP contribution in [0.15, 0.2) is 84.9 Å². The number of benzene rings is 3. The number of nitrogens with two attached hydrogens (primary N) is 1. The molecule has 3 aromatic rings. The summed E-state index contributed by atoms with van der Waals surface area (Å²) in [4.78, 5) is 49.3. The molecule has 45 heavy (non-hydrogen) atoms. The van der Waals surface area contributed by atoms with Crippen molar-refractivity contribution in [2.24, 2.45) is 5.73 Å². The first-order chi connectivity index (χ1) is 21.4. The maximum atomic E-state index is 14.5. The van der Waals surface area contributed by atoms with Crippen LogP contribution in [0, 0.1) is 0 Å². The lowest BCUT2D eigenvalue weighted by Crippen LogP contribution is -2.53. The standard InChI is InChI=1S/C37H49N5O3/c1-37(2,38)22-12-17-33(43)40(5)32(26-27-18-19-28-13-10-11-16-30(28)25-27)35(44)41(6)34(29-14-8-7-9-15-29)36(45)42-23-20-31(21-24-42)39(3)4/h7-19,25,31-32,34H,20-24,26,38H2,1-6H3/b17-12+/t32-,34?/m1/s1. The molecule has 3 amide bonds. The molecule has 2 atom stereocenters. The van der Waals surface area contributed by atoms with Crippen molar-refractivity contribution in [1.29, 1.82) is 0 Å². The number of rotatable bonds is 11. The van der Waals surface area contributed by atoms with Gasteiger partial charge in [0.05, 0.1) is 0 Å². The maximum absolute atomic E-state index is 14.5. The van der Waals surface area contributed by atoms with Gasteiger partial charge in [-0.1, -0.05) is 78.9 Å². The number of carbonyl (C=O) groups is 3. The van der Waals surface area contributed by atoms with E-state index in [9.17, 15) is 14.4 Å². The van der Waals surface area contributed by atoms with E-state index in [4.69, 9.17) is 5.73 Å². The summed E-state index contributed by atoms with van der Waals surface area (Å²) in [5, 5.41) is 2.16. The Morgan fingerprint density at radius 3 is 2.13 bits per heavy atom. The summed E-state index contributed by atoms with van der Waals surface area (Å²) in [5.74, 6) is -0.685. The molecule has 1 aliphatic rings. The summed E-state index contributed by atoms with van der Waals surface area (Å²) in [5.41, 5.74) is 7.34. The Bertz CT molecular complexity index is 1490. The highest BCUT2D eigenvalue weighted by molar-refractivity contribution is 5.95. The minimum absolute atomic E-state index is 0.0993. The van der Waals surface area contributed by atoms with Crippen molar-refractivity contribution in [3.63, 3.8) is 0 Å². The summed E-state index contributed by atoms with van der Waals surface area (Å²) in [6.07, 6.45) is 5.83. The molecule has 0 aromatic heterocycles. The molecule has 240 valence electrons. The Hall–Kier alpha value is -4.01. The van der Waals surface area contributed by atoms with Gasteiger partial charge < -0.3 is 25.3 Å². The van der Waals surface area contributed by atoms with Crippen LogP contribution >= 0.6 is 0 Å². The molecule has 0 saturated carbocycles. The van der Waals surface area contributed by atoms with Gasteiger partial charge in [-0.3, -0.25) is 14.4 Å². The Morgan fingerprint density at radius 2 is 1.51 bits per heavy atom. The van der Waals surface area contributed by atoms with Gasteiger partial charge in [-0.25, -0.2) is 0 Å². The Kier molecular flexibility index (Phi) is 11.2. The fourth-order valence-electron chi connectivity index (χ4n) is 6.02. The van der Waals surface area contributed by atoms with Gasteiger partial charge in [0, 0.05) is 45.2 Å². The summed E-state index contributed by atoms with van der Waals surface area (Å²) < 4.78 is 0. The van der Waals surface area contributed by atoms with Gasteiger partial charge in [0.25, 0.3) is 0 Å². The Labute approximate surface area is 268 Å². The molecule has 1 unspecified atom stereocenters. The molecule has 0 bridgehead atoms. The number of amides is 3. The number of likely N-dealkylation sites (tertiary alicyclic amines) is 1. The van der Waals surface area contributed by atoms with Gasteiger partial charge >= 0.3 is 0 Å². The molecule has 4 rings (SSSR count). The fraction of sp³-hybridized carbons (Fsp3) is 0.432. The monoisotopic (exact) mass is 611 g/mol. The lowest BCUT2D eigenvalue weighted by molar-refractivity contribution is -0.150. The third kappa shape index (κ3) is 8.80. The zero-order chi connectivity index (χ0) is 32.7. The minimum Gasteiger partial charge on any atom is -0.340 e. The molecule has 1 aliphatic heterocycles. The van der Waals surface area contributed by atoms with E-state index in [1.54, 1.807) is 20.2 Å². The highest BCUT2D eigenvalue weighted by Gasteiger charge is 2.38. The summed E-state index contributed by atoms with van der Waals surface area (Å²) in [7, 11) is 7.48. The molecular weight excluding hydrogens is 562 g/mol. The first-order valence-corrected chi connectivity index (χ1v) is 15.8. The average Bonchev–Trinajstić information content (AvgIpc) is 3.02. The third-order valence-electron chi connectivity index (χ3n) is 8.84. The van der Waals surface area contributed by atoms with Crippen molar-refractivity contribution in [1.82, 2.24) is 19.6 Å². The molecule has 0 aliphatic carbocycles. The van der Waals surface area contributed by atoms with Crippen LogP contribution in [-0.2, 0) is 20.8 Å². The highest BCUT2D eigenvalue weighted by Crippen LogP contribution is 2.27. The molecule has 1 heterocycles. The minimum atomic E-state index is -0.835. The maximum Gasteiger partial charge on any atom is 0.250 e. The van der Waals surface area contributed by atoms with Gasteiger partial charge in [-0.15, -0.1) is 0 Å². The van der Waals surface area contributed by atoms with E-state index < -0.39 is 17.6 Å². The first-order valence-electron chi connectivity index (χ1n) is 15.8. The van der Waals surface area contributed by atoms with E-state index in [0.717, 1.165) is 34.7 Å². The number of fused-ring (bicyclic) bond motifs is 1. The Morgan fingerprint density at radius 1 is 0.889 bits per heavy atom. The first kappa shape index (κ1) is 33.9. The molecular formula is C37H49N5O3. The molecule has 8 heteroatoms. The van der Waals surface area contributed by atoms with E-state index in [1.807, 2.05) is 85.5 Å². The van der Waals surface area contributed by atoms with Crippen LogP contribution in [0.4, 0.5) is 0 Å². The smallest absolute Gasteiger partial charge is 0.250 e. The summed E-state index contributed by atoms with van der Waals surface area (Å²) >= 11 is 0. The third-order valence-corrected chi connectivity index (χ3v) is 8.84. The predicted molar refractivity (Wildman–Crippen MR) is 181 cm³/mol. The number of nitrogens with zero attached hydrogens (tertiary/aromatic N) is 4. The van der Waals surface area contributed by atoms with Crippen LogP contribution in [0.1, 0.15) is 50.3 Å². The van der Waals surface area contributed by atoms with Crippen LogP contribution in [-0.4, -0.2) is 96.2 Å². The number of hydrogen-bond donors (Lipinski definition) is 1. The fourth-order valence-corrected chi connectivity index (χ4v) is 6.02. The zero-order valence-electron chi connectivity index (χ0n) is 27.6. The highest BCUT2D eigenvalue weighted by atomic mass is 16.2. The normalized spacial score (nSPS) is 15.8. The number of hydrogen-bond acceptors (Lipinski definition) is 5. The van der Waals surface area contributed by atoms with E-state index in [0.29, 0.717) is 32.0 Å². The van der Waals surface area contributed by atoms with E-state index in [2.05, 4.69) is 25.1 Å². The van der Waals surface area contributed by atoms with Gasteiger partial charge in [0.2, 0.25) is 17.7 Å². The Balaban J connectivity index is 1.66. The number of likely N-dealkylation sites (N-methyl/N-ethyl adjacent to an activating group) is 2. The number of carbonyl (C=O) groups excluding carboxylic acids is 3. The van der Waals surface area contributed by atoms with Crippen LogP contribution in [0.2, 0.25) is 0 Å². The lowest BCUT2D eigenvalue weighted by Gasteiger charge is -2.40. The lowest BCUT2D eigenvalue weighted by atomic mass is 9.97. The topological polar surface area (TPSA) is 90.2 Å². The molecule has 2 N–H and O–H groups in total. The quantitative estimate of drug-likeness (QED) is 0.319. The number of piperidine rings is 1. The van der Waals surface area contributed by atoms with Crippen molar-refractivity contribution in [3.8, 4) is 0 Å². The molecule has 8 nitrogen and oxygen atoms in total. The van der Waals surface area contributed by atoms with Crippen molar-refractivity contribution in [2.75, 3.05) is 41.3 Å². The molecule has 1 fully saturated rings. The molecule has 0 spiro atoms. The van der Waals surface area contributed by atoms with Crippen LogP contribution in [0.5, 0.6) is 0 Å².